The van der Waals surface area contributed by atoms with Gasteiger partial charge in [-0.15, -0.1) is 0 Å². The van der Waals surface area contributed by atoms with Gasteiger partial charge in [0.1, 0.15) is 0 Å². The first-order valence-corrected chi connectivity index (χ1v) is 12.7. The van der Waals surface area contributed by atoms with E-state index < -0.39 is 10.0 Å². The molecular formula is C22H35N3O4S. The lowest BCUT2D eigenvalue weighted by molar-refractivity contribution is -0.126. The molecule has 2 atom stereocenters. The minimum atomic E-state index is -3.26. The molecule has 0 aromatic heterocycles. The van der Waals surface area contributed by atoms with E-state index in [0.717, 1.165) is 25.9 Å². The summed E-state index contributed by atoms with van der Waals surface area (Å²) >= 11 is 0. The molecule has 2 saturated heterocycles. The Labute approximate surface area is 180 Å². The number of aryl methyl sites for hydroxylation is 1. The van der Waals surface area contributed by atoms with Gasteiger partial charge < -0.3 is 10.1 Å². The van der Waals surface area contributed by atoms with Crippen LogP contribution in [0, 0.1) is 12.8 Å². The number of hydrogen-bond donors (Lipinski definition) is 1. The van der Waals surface area contributed by atoms with Crippen molar-refractivity contribution < 1.29 is 17.9 Å². The van der Waals surface area contributed by atoms with Gasteiger partial charge in [-0.25, -0.2) is 12.7 Å². The number of benzene rings is 1. The zero-order valence-corrected chi connectivity index (χ0v) is 19.0. The van der Waals surface area contributed by atoms with E-state index in [2.05, 4.69) is 41.4 Å². The average Bonchev–Trinajstić information content (AvgIpc) is 2.75. The van der Waals surface area contributed by atoms with E-state index in [1.54, 1.807) is 0 Å². The van der Waals surface area contributed by atoms with Crippen LogP contribution in [0.25, 0.3) is 0 Å². The first kappa shape index (κ1) is 23.2. The first-order valence-electron chi connectivity index (χ1n) is 11.0. The van der Waals surface area contributed by atoms with Crippen LogP contribution in [-0.4, -0.2) is 75.2 Å². The van der Waals surface area contributed by atoms with E-state index in [0.29, 0.717) is 39.3 Å². The smallest absolute Gasteiger partial charge is 0.224 e. The largest absolute Gasteiger partial charge is 0.379 e. The minimum absolute atomic E-state index is 0.0442. The number of rotatable bonds is 8. The van der Waals surface area contributed by atoms with Gasteiger partial charge in [0.05, 0.1) is 30.9 Å². The highest BCUT2D eigenvalue weighted by atomic mass is 32.2. The highest BCUT2D eigenvalue weighted by Crippen LogP contribution is 2.24. The van der Waals surface area contributed by atoms with Crippen molar-refractivity contribution in [3.63, 3.8) is 0 Å². The average molecular weight is 438 g/mol. The second-order valence-corrected chi connectivity index (χ2v) is 10.4. The number of hydrogen-bond acceptors (Lipinski definition) is 5. The van der Waals surface area contributed by atoms with E-state index in [9.17, 15) is 13.2 Å². The van der Waals surface area contributed by atoms with Gasteiger partial charge in [0.2, 0.25) is 15.9 Å². The van der Waals surface area contributed by atoms with E-state index in [4.69, 9.17) is 4.74 Å². The summed E-state index contributed by atoms with van der Waals surface area (Å²) in [7, 11) is -3.26. The monoisotopic (exact) mass is 437 g/mol. The number of carbonyl (C=O) groups excluding carboxylic acids is 1. The van der Waals surface area contributed by atoms with Gasteiger partial charge in [0.25, 0.3) is 0 Å². The third kappa shape index (κ3) is 6.03. The summed E-state index contributed by atoms with van der Waals surface area (Å²) in [6, 6.07) is 8.50. The van der Waals surface area contributed by atoms with Crippen molar-refractivity contribution in [2.75, 3.05) is 51.7 Å². The standard InChI is InChI=1S/C22H35N3O4S/c1-3-14-30(27,28)25-9-5-8-20(17-25)22(26)23-16-21(24-10-12-29-13-11-24)19-7-4-6-18(2)15-19/h4,6-7,15,20-21H,3,5,8-14,16-17H2,1-2H3,(H,23,26). The number of amides is 1. The van der Waals surface area contributed by atoms with Gasteiger partial charge in [0, 0.05) is 32.7 Å². The van der Waals surface area contributed by atoms with E-state index >= 15 is 0 Å². The van der Waals surface area contributed by atoms with Crippen molar-refractivity contribution in [1.82, 2.24) is 14.5 Å². The second-order valence-electron chi connectivity index (χ2n) is 8.34. The maximum Gasteiger partial charge on any atom is 0.224 e. The zero-order valence-electron chi connectivity index (χ0n) is 18.2. The van der Waals surface area contributed by atoms with Gasteiger partial charge >= 0.3 is 0 Å². The lowest BCUT2D eigenvalue weighted by Gasteiger charge is -2.36. The van der Waals surface area contributed by atoms with Crippen LogP contribution >= 0.6 is 0 Å². The number of nitrogens with zero attached hydrogens (tertiary/aromatic N) is 2. The molecule has 2 fully saturated rings. The fourth-order valence-electron chi connectivity index (χ4n) is 4.36. The molecule has 2 heterocycles. The summed E-state index contributed by atoms with van der Waals surface area (Å²) in [6.45, 7) is 8.33. The third-order valence-electron chi connectivity index (χ3n) is 5.99. The Kier molecular flexibility index (Phi) is 8.27. The Bertz CT molecular complexity index is 808. The molecule has 2 aliphatic rings. The lowest BCUT2D eigenvalue weighted by Crippen LogP contribution is -2.48. The number of carbonyl (C=O) groups is 1. The quantitative estimate of drug-likeness (QED) is 0.672. The highest BCUT2D eigenvalue weighted by molar-refractivity contribution is 7.89. The molecule has 8 heteroatoms. The zero-order chi connectivity index (χ0) is 21.6. The van der Waals surface area contributed by atoms with E-state index in [1.165, 1.54) is 15.4 Å². The highest BCUT2D eigenvalue weighted by Gasteiger charge is 2.32. The second kappa shape index (κ2) is 10.7. The summed E-state index contributed by atoms with van der Waals surface area (Å²) in [5, 5.41) is 3.13. The molecule has 7 nitrogen and oxygen atoms in total. The van der Waals surface area contributed by atoms with Crippen molar-refractivity contribution in [2.24, 2.45) is 5.92 Å². The fourth-order valence-corrected chi connectivity index (χ4v) is 5.95. The topological polar surface area (TPSA) is 79.0 Å². The van der Waals surface area contributed by atoms with Crippen molar-refractivity contribution in [3.05, 3.63) is 35.4 Å². The molecular weight excluding hydrogens is 402 g/mol. The number of piperidine rings is 1. The number of sulfonamides is 1. The normalized spacial score (nSPS) is 22.5. The van der Waals surface area contributed by atoms with Crippen LogP contribution < -0.4 is 5.32 Å². The molecule has 2 aliphatic heterocycles. The third-order valence-corrected chi connectivity index (χ3v) is 8.04. The minimum Gasteiger partial charge on any atom is -0.379 e. The molecule has 0 spiro atoms. The Morgan fingerprint density at radius 3 is 2.73 bits per heavy atom. The predicted molar refractivity (Wildman–Crippen MR) is 118 cm³/mol. The Balaban J connectivity index is 1.65. The van der Waals surface area contributed by atoms with Crippen molar-refractivity contribution in [2.45, 2.75) is 39.2 Å². The van der Waals surface area contributed by atoms with Gasteiger partial charge in [-0.3, -0.25) is 9.69 Å². The summed E-state index contributed by atoms with van der Waals surface area (Å²) in [5.74, 6) is -0.182. The SMILES string of the molecule is CCCS(=O)(=O)N1CCCC(C(=O)NCC(c2cccc(C)c2)N2CCOCC2)C1. The summed E-state index contributed by atoms with van der Waals surface area (Å²) in [6.07, 6.45) is 2.05. The molecule has 2 unspecified atom stereocenters. The molecule has 1 amide bonds. The van der Waals surface area contributed by atoms with Crippen LogP contribution in [0.4, 0.5) is 0 Å². The molecule has 0 aliphatic carbocycles. The van der Waals surface area contributed by atoms with Crippen molar-refractivity contribution in [1.29, 1.82) is 0 Å². The van der Waals surface area contributed by atoms with Crippen molar-refractivity contribution in [3.8, 4) is 0 Å². The van der Waals surface area contributed by atoms with Crippen LogP contribution in [-0.2, 0) is 19.6 Å². The van der Waals surface area contributed by atoms with Crippen LogP contribution in [0.15, 0.2) is 24.3 Å². The Hall–Kier alpha value is -1.48. The van der Waals surface area contributed by atoms with Crippen LogP contribution in [0.3, 0.4) is 0 Å². The van der Waals surface area contributed by atoms with Crippen LogP contribution in [0.5, 0.6) is 0 Å². The molecule has 0 radical (unpaired) electrons. The lowest BCUT2D eigenvalue weighted by atomic mass is 9.98. The number of nitrogens with one attached hydrogen (secondary N) is 1. The maximum absolute atomic E-state index is 12.9. The van der Waals surface area contributed by atoms with Gasteiger partial charge in [-0.05, 0) is 31.7 Å². The van der Waals surface area contributed by atoms with E-state index in [1.807, 2.05) is 6.92 Å². The fraction of sp³-hybridized carbons (Fsp3) is 0.682. The number of ether oxygens (including phenoxy) is 1. The van der Waals surface area contributed by atoms with Gasteiger partial charge in [0.15, 0.2) is 0 Å². The Morgan fingerprint density at radius 2 is 2.03 bits per heavy atom. The molecule has 0 saturated carbocycles. The van der Waals surface area contributed by atoms with E-state index in [-0.39, 0.29) is 23.6 Å². The summed E-state index contributed by atoms with van der Waals surface area (Å²) in [4.78, 5) is 15.3. The summed E-state index contributed by atoms with van der Waals surface area (Å²) < 4.78 is 31.8. The molecule has 0 bridgehead atoms. The van der Waals surface area contributed by atoms with Crippen molar-refractivity contribution >= 4 is 15.9 Å². The van der Waals surface area contributed by atoms with Gasteiger partial charge in [-0.1, -0.05) is 36.8 Å². The Morgan fingerprint density at radius 1 is 1.27 bits per heavy atom. The summed E-state index contributed by atoms with van der Waals surface area (Å²) in [5.41, 5.74) is 2.38. The van der Waals surface area contributed by atoms with Crippen LogP contribution in [0.2, 0.25) is 0 Å². The molecule has 1 aromatic rings. The maximum atomic E-state index is 12.9. The molecule has 1 N–H and O–H groups in total. The molecule has 30 heavy (non-hydrogen) atoms. The predicted octanol–water partition coefficient (Wildman–Crippen LogP) is 1.94. The van der Waals surface area contributed by atoms with Crippen LogP contribution in [0.1, 0.15) is 43.4 Å². The molecule has 3 rings (SSSR count). The molecule has 1 aromatic carbocycles. The number of morpholine rings is 1. The van der Waals surface area contributed by atoms with Gasteiger partial charge in [-0.2, -0.15) is 0 Å². The molecule has 168 valence electrons. The first-order chi connectivity index (χ1) is 14.4.